The van der Waals surface area contributed by atoms with Crippen molar-refractivity contribution in [2.45, 2.75) is 64.7 Å². The third-order valence-corrected chi connectivity index (χ3v) is 3.68. The largest absolute Gasteiger partial charge is 0.466 e. The zero-order valence-electron chi connectivity index (χ0n) is 18.6. The van der Waals surface area contributed by atoms with Crippen molar-refractivity contribution in [2.24, 2.45) is 10.9 Å². The number of hydrogen-bond donors (Lipinski definition) is 2. The standard InChI is InChI=1S/C19H33N3O8/c1-12(23)9-8-10-13(22(5)18(26)29-19(2,3)4)16(20)21-30-14(17(25)28-7)11-15(24)27-6/h11-13,23H,8-10H2,1-7H3,(H2,20,21)/b14-11+. The zero-order valence-corrected chi connectivity index (χ0v) is 18.6. The van der Waals surface area contributed by atoms with Crippen molar-refractivity contribution in [1.29, 1.82) is 0 Å². The highest BCUT2D eigenvalue weighted by atomic mass is 16.7. The van der Waals surface area contributed by atoms with E-state index in [2.05, 4.69) is 14.6 Å². The first-order chi connectivity index (χ1) is 13.8. The zero-order chi connectivity index (χ0) is 23.5. The highest BCUT2D eigenvalue weighted by Crippen LogP contribution is 2.15. The van der Waals surface area contributed by atoms with Crippen LogP contribution in [-0.2, 0) is 28.6 Å². The van der Waals surface area contributed by atoms with Crippen LogP contribution >= 0.6 is 0 Å². The van der Waals surface area contributed by atoms with Gasteiger partial charge in [0, 0.05) is 7.05 Å². The van der Waals surface area contributed by atoms with Gasteiger partial charge in [0.15, 0.2) is 5.84 Å². The number of hydrogen-bond acceptors (Lipinski definition) is 9. The molecule has 0 rings (SSSR count). The van der Waals surface area contributed by atoms with Gasteiger partial charge in [-0.1, -0.05) is 5.16 Å². The number of amidine groups is 1. The van der Waals surface area contributed by atoms with Gasteiger partial charge in [0.1, 0.15) is 5.60 Å². The van der Waals surface area contributed by atoms with E-state index in [0.29, 0.717) is 19.3 Å². The van der Waals surface area contributed by atoms with Crippen LogP contribution in [-0.4, -0.2) is 72.9 Å². The number of rotatable bonds is 10. The van der Waals surface area contributed by atoms with Crippen LogP contribution in [0.4, 0.5) is 4.79 Å². The molecule has 0 aromatic heterocycles. The number of ether oxygens (including phenoxy) is 3. The van der Waals surface area contributed by atoms with Gasteiger partial charge in [-0.2, -0.15) is 0 Å². The Kier molecular flexibility index (Phi) is 11.5. The second-order valence-corrected chi connectivity index (χ2v) is 7.52. The van der Waals surface area contributed by atoms with Gasteiger partial charge in [0.25, 0.3) is 0 Å². The number of carbonyl (C=O) groups excluding carboxylic acids is 3. The van der Waals surface area contributed by atoms with E-state index >= 15 is 0 Å². The third kappa shape index (κ3) is 10.6. The van der Waals surface area contributed by atoms with Crippen LogP contribution in [0.1, 0.15) is 47.0 Å². The number of methoxy groups -OCH3 is 2. The van der Waals surface area contributed by atoms with Crippen LogP contribution in [0.25, 0.3) is 0 Å². The van der Waals surface area contributed by atoms with Crippen LogP contribution < -0.4 is 5.73 Å². The number of carbonyl (C=O) groups is 3. The molecule has 0 heterocycles. The van der Waals surface area contributed by atoms with Gasteiger partial charge in [-0.05, 0) is 47.0 Å². The smallest absolute Gasteiger partial charge is 0.410 e. The first-order valence-corrected chi connectivity index (χ1v) is 9.34. The molecule has 0 aromatic carbocycles. The SMILES string of the molecule is COC(=O)/C=C(/O/N=C(\N)C(CCCC(C)O)N(C)C(=O)OC(C)(C)C)C(=O)OC. The maximum Gasteiger partial charge on any atom is 0.410 e. The molecule has 2 unspecified atom stereocenters. The van der Waals surface area contributed by atoms with Crippen molar-refractivity contribution in [3.63, 3.8) is 0 Å². The Morgan fingerprint density at radius 3 is 2.23 bits per heavy atom. The average molecular weight is 431 g/mol. The molecule has 0 bridgehead atoms. The van der Waals surface area contributed by atoms with E-state index in [9.17, 15) is 19.5 Å². The Bertz CT molecular complexity index is 653. The second kappa shape index (κ2) is 12.7. The lowest BCUT2D eigenvalue weighted by Crippen LogP contribution is -2.47. The quantitative estimate of drug-likeness (QED) is 0.0992. The lowest BCUT2D eigenvalue weighted by atomic mass is 10.1. The number of esters is 2. The molecule has 11 nitrogen and oxygen atoms in total. The Morgan fingerprint density at radius 2 is 1.77 bits per heavy atom. The van der Waals surface area contributed by atoms with E-state index in [1.54, 1.807) is 27.7 Å². The van der Waals surface area contributed by atoms with Crippen molar-refractivity contribution >= 4 is 23.9 Å². The molecular weight excluding hydrogens is 398 g/mol. The molecule has 172 valence electrons. The molecule has 0 aliphatic carbocycles. The van der Waals surface area contributed by atoms with E-state index in [-0.39, 0.29) is 5.84 Å². The number of likely N-dealkylation sites (N-methyl/N-ethyl adjacent to an activating group) is 1. The summed E-state index contributed by atoms with van der Waals surface area (Å²) in [6, 6.07) is -0.754. The van der Waals surface area contributed by atoms with E-state index in [0.717, 1.165) is 20.3 Å². The molecule has 0 saturated heterocycles. The summed E-state index contributed by atoms with van der Waals surface area (Å²) >= 11 is 0. The van der Waals surface area contributed by atoms with Gasteiger partial charge in [0.2, 0.25) is 5.76 Å². The highest BCUT2D eigenvalue weighted by Gasteiger charge is 2.28. The van der Waals surface area contributed by atoms with Crippen molar-refractivity contribution in [3.05, 3.63) is 11.8 Å². The fourth-order valence-corrected chi connectivity index (χ4v) is 2.16. The summed E-state index contributed by atoms with van der Waals surface area (Å²) in [4.78, 5) is 41.8. The van der Waals surface area contributed by atoms with Gasteiger partial charge in [-0.15, -0.1) is 0 Å². The van der Waals surface area contributed by atoms with Crippen LogP contribution in [0.3, 0.4) is 0 Å². The van der Waals surface area contributed by atoms with Crippen LogP contribution in [0.15, 0.2) is 17.0 Å². The lowest BCUT2D eigenvalue weighted by molar-refractivity contribution is -0.142. The molecule has 0 spiro atoms. The summed E-state index contributed by atoms with van der Waals surface area (Å²) < 4.78 is 14.3. The van der Waals surface area contributed by atoms with Gasteiger partial charge >= 0.3 is 18.0 Å². The number of oxime groups is 1. The normalized spacial score (nSPS) is 14.4. The molecule has 30 heavy (non-hydrogen) atoms. The second-order valence-electron chi connectivity index (χ2n) is 7.52. The minimum atomic E-state index is -0.969. The number of aliphatic hydroxyl groups excluding tert-OH is 1. The van der Waals surface area contributed by atoms with Crippen LogP contribution in [0.2, 0.25) is 0 Å². The van der Waals surface area contributed by atoms with E-state index in [1.165, 1.54) is 11.9 Å². The predicted molar refractivity (Wildman–Crippen MR) is 108 cm³/mol. The van der Waals surface area contributed by atoms with E-state index in [1.807, 2.05) is 0 Å². The Labute approximate surface area is 176 Å². The first kappa shape index (κ1) is 27.2. The number of nitrogens with two attached hydrogens (primary N) is 1. The molecule has 0 radical (unpaired) electrons. The van der Waals surface area contributed by atoms with Crippen molar-refractivity contribution in [2.75, 3.05) is 21.3 Å². The summed E-state index contributed by atoms with van der Waals surface area (Å²) in [6.45, 7) is 6.82. The molecule has 0 aromatic rings. The van der Waals surface area contributed by atoms with Gasteiger partial charge in [-0.3, -0.25) is 0 Å². The summed E-state index contributed by atoms with van der Waals surface area (Å²) in [5, 5.41) is 13.2. The fourth-order valence-electron chi connectivity index (χ4n) is 2.16. The maximum absolute atomic E-state index is 12.4. The van der Waals surface area contributed by atoms with Crippen molar-refractivity contribution in [1.82, 2.24) is 4.90 Å². The molecule has 0 aliphatic heterocycles. The molecule has 2 atom stereocenters. The van der Waals surface area contributed by atoms with Gasteiger partial charge < -0.3 is 34.8 Å². The van der Waals surface area contributed by atoms with Crippen LogP contribution in [0.5, 0.6) is 0 Å². The maximum atomic E-state index is 12.4. The predicted octanol–water partition coefficient (Wildman–Crippen LogP) is 1.29. The Balaban J connectivity index is 5.62. The minimum absolute atomic E-state index is 0.145. The minimum Gasteiger partial charge on any atom is -0.466 e. The summed E-state index contributed by atoms with van der Waals surface area (Å²) in [7, 11) is 3.70. The number of amides is 1. The topological polar surface area (TPSA) is 150 Å². The summed E-state index contributed by atoms with van der Waals surface area (Å²) in [5.74, 6) is -2.52. The molecule has 0 saturated carbocycles. The molecule has 11 heteroatoms. The molecule has 0 aliphatic rings. The fraction of sp³-hybridized carbons (Fsp3) is 0.684. The third-order valence-electron chi connectivity index (χ3n) is 3.68. The molecule has 3 N–H and O–H groups in total. The lowest BCUT2D eigenvalue weighted by Gasteiger charge is -2.30. The van der Waals surface area contributed by atoms with E-state index in [4.69, 9.17) is 15.3 Å². The number of aliphatic hydroxyl groups is 1. The van der Waals surface area contributed by atoms with E-state index < -0.39 is 41.5 Å². The summed E-state index contributed by atoms with van der Waals surface area (Å²) in [5.41, 5.74) is 5.29. The first-order valence-electron chi connectivity index (χ1n) is 9.34. The van der Waals surface area contributed by atoms with Crippen LogP contribution in [0, 0.1) is 0 Å². The molecule has 0 fully saturated rings. The molecule has 1 amide bonds. The Morgan fingerprint density at radius 1 is 1.17 bits per heavy atom. The van der Waals surface area contributed by atoms with Crippen molar-refractivity contribution < 1.29 is 38.5 Å². The number of nitrogens with zero attached hydrogens (tertiary/aromatic N) is 2. The average Bonchev–Trinajstić information content (AvgIpc) is 2.65. The van der Waals surface area contributed by atoms with Gasteiger partial charge in [-0.25, -0.2) is 14.4 Å². The Hall–Kier alpha value is -2.82. The summed E-state index contributed by atoms with van der Waals surface area (Å²) in [6.07, 6.45) is 0.925. The van der Waals surface area contributed by atoms with Crippen molar-refractivity contribution in [3.8, 4) is 0 Å². The van der Waals surface area contributed by atoms with Gasteiger partial charge in [0.05, 0.1) is 32.4 Å². The highest BCUT2D eigenvalue weighted by molar-refractivity contribution is 5.95. The molecular formula is C19H33N3O8. The monoisotopic (exact) mass is 431 g/mol.